The van der Waals surface area contributed by atoms with Gasteiger partial charge < -0.3 is 10.4 Å². The Hall–Kier alpha value is -1.40. The van der Waals surface area contributed by atoms with Crippen LogP contribution in [0.5, 0.6) is 0 Å². The number of anilines is 1. The van der Waals surface area contributed by atoms with Crippen molar-refractivity contribution in [3.63, 3.8) is 0 Å². The van der Waals surface area contributed by atoms with Crippen LogP contribution in [0.25, 0.3) is 0 Å². The van der Waals surface area contributed by atoms with Gasteiger partial charge in [-0.3, -0.25) is 10.1 Å². The summed E-state index contributed by atoms with van der Waals surface area (Å²) in [5.41, 5.74) is -0.106. The molecule has 0 atom stereocenters. The second-order valence-corrected chi connectivity index (χ2v) is 5.10. The molecular weight excluding hydrogens is 275 g/mol. The molecule has 0 saturated heterocycles. The highest BCUT2D eigenvalue weighted by Gasteiger charge is 2.23. The van der Waals surface area contributed by atoms with E-state index >= 15 is 0 Å². The van der Waals surface area contributed by atoms with Crippen LogP contribution in [0.15, 0.2) is 12.1 Å². The van der Waals surface area contributed by atoms with Gasteiger partial charge in [-0.1, -0.05) is 11.6 Å². The molecule has 0 heterocycles. The molecule has 1 aromatic rings. The van der Waals surface area contributed by atoms with E-state index in [9.17, 15) is 19.6 Å². The molecule has 1 aromatic carbocycles. The third kappa shape index (κ3) is 3.33. The minimum atomic E-state index is -0.807. The van der Waals surface area contributed by atoms with Crippen molar-refractivity contribution in [2.45, 2.75) is 37.8 Å². The first-order chi connectivity index (χ1) is 8.97. The Balaban J connectivity index is 2.19. The van der Waals surface area contributed by atoms with Gasteiger partial charge in [0.25, 0.3) is 5.69 Å². The van der Waals surface area contributed by atoms with E-state index in [1.807, 2.05) is 0 Å². The van der Waals surface area contributed by atoms with Crippen LogP contribution in [-0.4, -0.2) is 22.2 Å². The summed E-state index contributed by atoms with van der Waals surface area (Å²) in [4.78, 5) is 10.3. The summed E-state index contributed by atoms with van der Waals surface area (Å²) < 4.78 is 13.3. The number of nitrogens with one attached hydrogen (secondary N) is 1. The molecule has 0 aliphatic heterocycles. The lowest BCUT2D eigenvalue weighted by Gasteiger charge is -2.26. The molecule has 0 bridgehead atoms. The second-order valence-electron chi connectivity index (χ2n) is 4.69. The number of benzene rings is 1. The first-order valence-electron chi connectivity index (χ1n) is 6.05. The predicted octanol–water partition coefficient (Wildman–Crippen LogP) is 3.10. The molecule has 0 radical (unpaired) electrons. The molecule has 0 aromatic heterocycles. The molecular formula is C12H14ClFN2O3. The number of rotatable bonds is 3. The maximum atomic E-state index is 13.3. The summed E-state index contributed by atoms with van der Waals surface area (Å²) in [6, 6.07) is 2.09. The van der Waals surface area contributed by atoms with E-state index < -0.39 is 10.7 Å². The number of nitro benzene ring substituents is 1. The van der Waals surface area contributed by atoms with Crippen molar-refractivity contribution < 1.29 is 14.4 Å². The summed E-state index contributed by atoms with van der Waals surface area (Å²) in [5.74, 6) is -0.807. The van der Waals surface area contributed by atoms with Gasteiger partial charge in [-0.05, 0) is 31.7 Å². The zero-order valence-electron chi connectivity index (χ0n) is 10.1. The van der Waals surface area contributed by atoms with Crippen molar-refractivity contribution in [3.05, 3.63) is 33.1 Å². The monoisotopic (exact) mass is 288 g/mol. The van der Waals surface area contributed by atoms with Crippen LogP contribution < -0.4 is 5.32 Å². The SMILES string of the molecule is O=[N+]([O-])c1cc(F)c(Cl)cc1NC1CCC(O)CC1. The maximum absolute atomic E-state index is 13.3. The van der Waals surface area contributed by atoms with Crippen LogP contribution in [0, 0.1) is 15.9 Å². The van der Waals surface area contributed by atoms with Crippen LogP contribution in [0.1, 0.15) is 25.7 Å². The Morgan fingerprint density at radius 3 is 2.58 bits per heavy atom. The Kier molecular flexibility index (Phi) is 4.21. The lowest BCUT2D eigenvalue weighted by molar-refractivity contribution is -0.384. The zero-order valence-corrected chi connectivity index (χ0v) is 10.9. The summed E-state index contributed by atoms with van der Waals surface area (Å²) in [6.07, 6.45) is 2.44. The normalized spacial score (nSPS) is 23.1. The molecule has 1 fully saturated rings. The largest absolute Gasteiger partial charge is 0.393 e. The zero-order chi connectivity index (χ0) is 14.0. The summed E-state index contributed by atoms with van der Waals surface area (Å²) in [5, 5.41) is 23.2. The van der Waals surface area contributed by atoms with Crippen LogP contribution in [-0.2, 0) is 0 Å². The average molecular weight is 289 g/mol. The molecule has 2 rings (SSSR count). The number of nitrogens with zero attached hydrogens (tertiary/aromatic N) is 1. The summed E-state index contributed by atoms with van der Waals surface area (Å²) in [6.45, 7) is 0. The summed E-state index contributed by atoms with van der Waals surface area (Å²) in [7, 11) is 0. The van der Waals surface area contributed by atoms with Gasteiger partial charge in [0.15, 0.2) is 0 Å². The quantitative estimate of drug-likeness (QED) is 0.662. The van der Waals surface area contributed by atoms with Gasteiger partial charge in [0.2, 0.25) is 0 Å². The molecule has 5 nitrogen and oxygen atoms in total. The molecule has 19 heavy (non-hydrogen) atoms. The number of aliphatic hydroxyl groups excluding tert-OH is 1. The average Bonchev–Trinajstić information content (AvgIpc) is 2.36. The third-order valence-electron chi connectivity index (χ3n) is 3.29. The molecule has 2 N–H and O–H groups in total. The van der Waals surface area contributed by atoms with E-state index in [0.29, 0.717) is 25.7 Å². The van der Waals surface area contributed by atoms with Crippen LogP contribution in [0.4, 0.5) is 15.8 Å². The highest BCUT2D eigenvalue weighted by atomic mass is 35.5. The van der Waals surface area contributed by atoms with E-state index in [2.05, 4.69) is 5.32 Å². The van der Waals surface area contributed by atoms with Crippen LogP contribution >= 0.6 is 11.6 Å². The lowest BCUT2D eigenvalue weighted by atomic mass is 9.93. The van der Waals surface area contributed by atoms with E-state index in [1.54, 1.807) is 0 Å². The number of halogens is 2. The van der Waals surface area contributed by atoms with Crippen molar-refractivity contribution in [2.24, 2.45) is 0 Å². The molecule has 1 aliphatic rings. The van der Waals surface area contributed by atoms with E-state index in [0.717, 1.165) is 6.07 Å². The first kappa shape index (κ1) is 14.0. The number of hydrogen-bond donors (Lipinski definition) is 2. The standard InChI is InChI=1S/C12H14ClFN2O3/c13-9-5-11(12(16(18)19)6-10(9)14)15-7-1-3-8(17)4-2-7/h5-8,15,17H,1-4H2. The minimum absolute atomic E-state index is 0.0311. The molecule has 7 heteroatoms. The Morgan fingerprint density at radius 2 is 2.00 bits per heavy atom. The molecule has 0 spiro atoms. The van der Waals surface area contributed by atoms with Gasteiger partial charge in [-0.25, -0.2) is 4.39 Å². The van der Waals surface area contributed by atoms with Crippen molar-refractivity contribution in [3.8, 4) is 0 Å². The first-order valence-corrected chi connectivity index (χ1v) is 6.43. The highest BCUT2D eigenvalue weighted by molar-refractivity contribution is 6.31. The molecule has 0 unspecified atom stereocenters. The van der Waals surface area contributed by atoms with Crippen LogP contribution in [0.2, 0.25) is 5.02 Å². The fourth-order valence-corrected chi connectivity index (χ4v) is 2.41. The molecule has 1 aliphatic carbocycles. The van der Waals surface area contributed by atoms with E-state index in [1.165, 1.54) is 6.07 Å². The smallest absolute Gasteiger partial charge is 0.295 e. The van der Waals surface area contributed by atoms with Gasteiger partial charge >= 0.3 is 0 Å². The fraction of sp³-hybridized carbons (Fsp3) is 0.500. The van der Waals surface area contributed by atoms with Crippen molar-refractivity contribution in [2.75, 3.05) is 5.32 Å². The third-order valence-corrected chi connectivity index (χ3v) is 3.58. The Bertz CT molecular complexity index is 490. The molecule has 1 saturated carbocycles. The van der Waals surface area contributed by atoms with Crippen molar-refractivity contribution >= 4 is 23.0 Å². The Labute approximate surface area is 114 Å². The molecule has 0 amide bonds. The maximum Gasteiger partial charge on any atom is 0.295 e. The van der Waals surface area contributed by atoms with Gasteiger partial charge in [0, 0.05) is 6.04 Å². The van der Waals surface area contributed by atoms with Crippen LogP contribution in [0.3, 0.4) is 0 Å². The highest BCUT2D eigenvalue weighted by Crippen LogP contribution is 2.32. The van der Waals surface area contributed by atoms with Crippen molar-refractivity contribution in [1.29, 1.82) is 0 Å². The van der Waals surface area contributed by atoms with Gasteiger partial charge in [-0.15, -0.1) is 0 Å². The van der Waals surface area contributed by atoms with Gasteiger partial charge in [0.05, 0.1) is 22.1 Å². The van der Waals surface area contributed by atoms with Crippen molar-refractivity contribution in [1.82, 2.24) is 0 Å². The molecule has 104 valence electrons. The Morgan fingerprint density at radius 1 is 1.37 bits per heavy atom. The van der Waals surface area contributed by atoms with E-state index in [-0.39, 0.29) is 28.5 Å². The van der Waals surface area contributed by atoms with Gasteiger partial charge in [-0.2, -0.15) is 0 Å². The van der Waals surface area contributed by atoms with Gasteiger partial charge in [0.1, 0.15) is 11.5 Å². The summed E-state index contributed by atoms with van der Waals surface area (Å²) >= 11 is 5.65. The lowest BCUT2D eigenvalue weighted by Crippen LogP contribution is -2.28. The number of hydrogen-bond acceptors (Lipinski definition) is 4. The number of nitro groups is 1. The predicted molar refractivity (Wildman–Crippen MR) is 69.9 cm³/mol. The minimum Gasteiger partial charge on any atom is -0.393 e. The van der Waals surface area contributed by atoms with E-state index in [4.69, 9.17) is 11.6 Å². The number of aliphatic hydroxyl groups is 1. The topological polar surface area (TPSA) is 75.4 Å². The second kappa shape index (κ2) is 5.71. The fourth-order valence-electron chi connectivity index (χ4n) is 2.24.